The SMILES string of the molecule is O=C(Cn1ccnc1-c1ccnc(N2CCSCC2)c1)NCc1ccc(F)cc1. The summed E-state index contributed by atoms with van der Waals surface area (Å²) in [4.78, 5) is 23.6. The molecule has 1 aromatic carbocycles. The number of imidazole rings is 1. The Kier molecular flexibility index (Phi) is 6.09. The minimum absolute atomic E-state index is 0.129. The van der Waals surface area contributed by atoms with E-state index in [-0.39, 0.29) is 18.3 Å². The number of rotatable bonds is 6. The Labute approximate surface area is 173 Å². The van der Waals surface area contributed by atoms with Crippen molar-refractivity contribution < 1.29 is 9.18 Å². The molecule has 3 heterocycles. The molecule has 1 amide bonds. The lowest BCUT2D eigenvalue weighted by molar-refractivity contribution is -0.121. The molecular formula is C21H22FN5OS. The van der Waals surface area contributed by atoms with Crippen molar-refractivity contribution in [3.8, 4) is 11.4 Å². The molecule has 1 N–H and O–H groups in total. The minimum atomic E-state index is -0.289. The van der Waals surface area contributed by atoms with Gasteiger partial charge in [0.1, 0.15) is 24.0 Å². The van der Waals surface area contributed by atoms with E-state index < -0.39 is 0 Å². The van der Waals surface area contributed by atoms with Crippen LogP contribution in [0, 0.1) is 5.82 Å². The van der Waals surface area contributed by atoms with Crippen LogP contribution in [0.15, 0.2) is 55.0 Å². The fourth-order valence-corrected chi connectivity index (χ4v) is 4.14. The topological polar surface area (TPSA) is 63.1 Å². The summed E-state index contributed by atoms with van der Waals surface area (Å²) in [6, 6.07) is 10.0. The Morgan fingerprint density at radius 1 is 1.10 bits per heavy atom. The lowest BCUT2D eigenvalue weighted by Crippen LogP contribution is -2.33. The molecule has 1 aliphatic heterocycles. The maximum absolute atomic E-state index is 13.0. The highest BCUT2D eigenvalue weighted by molar-refractivity contribution is 7.99. The number of nitrogens with one attached hydrogen (secondary N) is 1. The van der Waals surface area contributed by atoms with Gasteiger partial charge in [0.15, 0.2) is 0 Å². The number of amides is 1. The first kappa shape index (κ1) is 19.4. The van der Waals surface area contributed by atoms with Crippen molar-refractivity contribution in [3.63, 3.8) is 0 Å². The summed E-state index contributed by atoms with van der Waals surface area (Å²) in [6.45, 7) is 2.49. The van der Waals surface area contributed by atoms with Gasteiger partial charge in [-0.1, -0.05) is 12.1 Å². The van der Waals surface area contributed by atoms with E-state index in [9.17, 15) is 9.18 Å². The maximum Gasteiger partial charge on any atom is 0.240 e. The van der Waals surface area contributed by atoms with E-state index in [1.165, 1.54) is 12.1 Å². The van der Waals surface area contributed by atoms with Gasteiger partial charge in [-0.05, 0) is 29.8 Å². The van der Waals surface area contributed by atoms with Crippen LogP contribution in [0.2, 0.25) is 0 Å². The van der Waals surface area contributed by atoms with Crippen LogP contribution >= 0.6 is 11.8 Å². The number of hydrogen-bond acceptors (Lipinski definition) is 5. The second-order valence-electron chi connectivity index (χ2n) is 6.78. The first-order valence-electron chi connectivity index (χ1n) is 9.50. The predicted molar refractivity (Wildman–Crippen MR) is 113 cm³/mol. The highest BCUT2D eigenvalue weighted by Gasteiger charge is 2.15. The molecule has 0 unspecified atom stereocenters. The number of carbonyl (C=O) groups excluding carboxylic acids is 1. The molecule has 3 aromatic rings. The summed E-state index contributed by atoms with van der Waals surface area (Å²) in [5, 5.41) is 2.87. The van der Waals surface area contributed by atoms with Crippen LogP contribution in [-0.2, 0) is 17.9 Å². The van der Waals surface area contributed by atoms with E-state index in [1.807, 2.05) is 28.5 Å². The van der Waals surface area contributed by atoms with Crippen molar-refractivity contribution in [2.45, 2.75) is 13.1 Å². The summed E-state index contributed by atoms with van der Waals surface area (Å²) >= 11 is 1.96. The van der Waals surface area contributed by atoms with Gasteiger partial charge in [-0.25, -0.2) is 14.4 Å². The molecule has 0 spiro atoms. The molecular weight excluding hydrogens is 389 g/mol. The van der Waals surface area contributed by atoms with Gasteiger partial charge in [0.2, 0.25) is 5.91 Å². The summed E-state index contributed by atoms with van der Waals surface area (Å²) in [5.74, 6) is 3.47. The van der Waals surface area contributed by atoms with E-state index in [2.05, 4.69) is 20.2 Å². The summed E-state index contributed by atoms with van der Waals surface area (Å²) in [7, 11) is 0. The van der Waals surface area contributed by atoms with Crippen molar-refractivity contribution in [1.29, 1.82) is 0 Å². The molecule has 0 saturated carbocycles. The van der Waals surface area contributed by atoms with Crippen molar-refractivity contribution in [2.24, 2.45) is 0 Å². The molecule has 29 heavy (non-hydrogen) atoms. The smallest absolute Gasteiger partial charge is 0.240 e. The summed E-state index contributed by atoms with van der Waals surface area (Å²) in [6.07, 6.45) is 5.28. The van der Waals surface area contributed by atoms with Crippen molar-refractivity contribution in [2.75, 3.05) is 29.5 Å². The van der Waals surface area contributed by atoms with Gasteiger partial charge in [0.05, 0.1) is 0 Å². The van der Waals surface area contributed by atoms with Gasteiger partial charge in [0.25, 0.3) is 0 Å². The Bertz CT molecular complexity index is 969. The van der Waals surface area contributed by atoms with Gasteiger partial charge >= 0.3 is 0 Å². The van der Waals surface area contributed by atoms with Gasteiger partial charge in [-0.3, -0.25) is 4.79 Å². The second-order valence-corrected chi connectivity index (χ2v) is 8.01. The third-order valence-electron chi connectivity index (χ3n) is 4.77. The van der Waals surface area contributed by atoms with Crippen molar-refractivity contribution in [3.05, 3.63) is 66.4 Å². The van der Waals surface area contributed by atoms with Crippen LogP contribution in [0.3, 0.4) is 0 Å². The number of carbonyl (C=O) groups is 1. The van der Waals surface area contributed by atoms with Gasteiger partial charge in [0, 0.05) is 55.3 Å². The van der Waals surface area contributed by atoms with Crippen LogP contribution in [0.5, 0.6) is 0 Å². The fraction of sp³-hybridized carbons (Fsp3) is 0.286. The van der Waals surface area contributed by atoms with Gasteiger partial charge in [-0.15, -0.1) is 0 Å². The second kappa shape index (κ2) is 9.09. The fourth-order valence-electron chi connectivity index (χ4n) is 3.23. The summed E-state index contributed by atoms with van der Waals surface area (Å²) in [5.41, 5.74) is 1.79. The van der Waals surface area contributed by atoms with Crippen LogP contribution in [-0.4, -0.2) is 45.0 Å². The molecule has 1 aliphatic rings. The van der Waals surface area contributed by atoms with E-state index in [4.69, 9.17) is 0 Å². The first-order valence-corrected chi connectivity index (χ1v) is 10.7. The number of halogens is 1. The van der Waals surface area contributed by atoms with Crippen LogP contribution in [0.4, 0.5) is 10.2 Å². The average molecular weight is 412 g/mol. The zero-order valence-electron chi connectivity index (χ0n) is 15.9. The lowest BCUT2D eigenvalue weighted by atomic mass is 10.2. The summed E-state index contributed by atoms with van der Waals surface area (Å²) < 4.78 is 14.8. The molecule has 8 heteroatoms. The third-order valence-corrected chi connectivity index (χ3v) is 5.71. The largest absolute Gasteiger partial charge is 0.355 e. The monoisotopic (exact) mass is 411 g/mol. The minimum Gasteiger partial charge on any atom is -0.355 e. The molecule has 150 valence electrons. The quantitative estimate of drug-likeness (QED) is 0.676. The number of pyridine rings is 1. The zero-order chi connectivity index (χ0) is 20.1. The number of benzene rings is 1. The highest BCUT2D eigenvalue weighted by atomic mass is 32.2. The molecule has 1 saturated heterocycles. The number of hydrogen-bond donors (Lipinski definition) is 1. The lowest BCUT2D eigenvalue weighted by Gasteiger charge is -2.27. The van der Waals surface area contributed by atoms with Gasteiger partial charge < -0.3 is 14.8 Å². The predicted octanol–water partition coefficient (Wildman–Crippen LogP) is 2.95. The molecule has 4 rings (SSSR count). The molecule has 0 radical (unpaired) electrons. The molecule has 1 fully saturated rings. The molecule has 0 aliphatic carbocycles. The van der Waals surface area contributed by atoms with E-state index in [0.717, 1.165) is 47.4 Å². The Morgan fingerprint density at radius 2 is 1.90 bits per heavy atom. The maximum atomic E-state index is 13.0. The third kappa shape index (κ3) is 4.95. The number of nitrogens with zero attached hydrogens (tertiary/aromatic N) is 4. The van der Waals surface area contributed by atoms with Gasteiger partial charge in [-0.2, -0.15) is 11.8 Å². The highest BCUT2D eigenvalue weighted by Crippen LogP contribution is 2.23. The Balaban J connectivity index is 1.43. The number of anilines is 1. The molecule has 0 bridgehead atoms. The standard InChI is InChI=1S/C21H22FN5OS/c22-18-3-1-16(2-4-18)14-25-20(28)15-27-8-7-24-21(27)17-5-6-23-19(13-17)26-9-11-29-12-10-26/h1-8,13H,9-12,14-15H2,(H,25,28). The number of aromatic nitrogens is 3. The average Bonchev–Trinajstić information content (AvgIpc) is 3.22. The normalized spacial score (nSPS) is 14.0. The Hall–Kier alpha value is -2.87. The van der Waals surface area contributed by atoms with Crippen molar-refractivity contribution in [1.82, 2.24) is 19.9 Å². The molecule has 0 atom stereocenters. The molecule has 2 aromatic heterocycles. The molecule has 6 nitrogen and oxygen atoms in total. The Morgan fingerprint density at radius 3 is 2.69 bits per heavy atom. The van der Waals surface area contributed by atoms with Crippen LogP contribution < -0.4 is 10.2 Å². The van der Waals surface area contributed by atoms with E-state index in [0.29, 0.717) is 6.54 Å². The van der Waals surface area contributed by atoms with Crippen LogP contribution in [0.1, 0.15) is 5.56 Å². The first-order chi connectivity index (χ1) is 14.2. The number of thioether (sulfide) groups is 1. The zero-order valence-corrected chi connectivity index (χ0v) is 16.7. The van der Waals surface area contributed by atoms with E-state index >= 15 is 0 Å². The van der Waals surface area contributed by atoms with Crippen molar-refractivity contribution >= 4 is 23.5 Å². The van der Waals surface area contributed by atoms with Crippen LogP contribution in [0.25, 0.3) is 11.4 Å². The van der Waals surface area contributed by atoms with E-state index in [1.54, 1.807) is 30.7 Å².